The Morgan fingerprint density at radius 2 is 1.86 bits per heavy atom. The highest BCUT2D eigenvalue weighted by molar-refractivity contribution is 5.94. The summed E-state index contributed by atoms with van der Waals surface area (Å²) in [5.41, 5.74) is 3.16. The third kappa shape index (κ3) is 3.74. The number of amides is 1. The van der Waals surface area contributed by atoms with Crippen molar-refractivity contribution in [2.75, 3.05) is 31.1 Å². The number of hydrogen-bond acceptors (Lipinski definition) is 4. The van der Waals surface area contributed by atoms with Crippen molar-refractivity contribution in [2.24, 2.45) is 0 Å². The molecular weight excluding hydrogens is 350 g/mol. The van der Waals surface area contributed by atoms with Crippen molar-refractivity contribution < 1.29 is 4.79 Å². The summed E-state index contributed by atoms with van der Waals surface area (Å²) in [5, 5.41) is 16.6. The van der Waals surface area contributed by atoms with E-state index in [0.29, 0.717) is 24.2 Å². The maximum Gasteiger partial charge on any atom is 0.253 e. The lowest BCUT2D eigenvalue weighted by Crippen LogP contribution is -2.35. The molecule has 3 aromatic rings. The Balaban J connectivity index is 1.45. The van der Waals surface area contributed by atoms with Gasteiger partial charge in [-0.1, -0.05) is 36.4 Å². The summed E-state index contributed by atoms with van der Waals surface area (Å²) in [5.74, 6) is 0.880. The van der Waals surface area contributed by atoms with E-state index in [0.717, 1.165) is 36.6 Å². The van der Waals surface area contributed by atoms with Crippen LogP contribution < -0.4 is 4.90 Å². The van der Waals surface area contributed by atoms with E-state index in [1.54, 1.807) is 24.3 Å². The van der Waals surface area contributed by atoms with Crippen LogP contribution in [0.2, 0.25) is 0 Å². The van der Waals surface area contributed by atoms with Crippen molar-refractivity contribution >= 4 is 11.7 Å². The maximum absolute atomic E-state index is 12.8. The van der Waals surface area contributed by atoms with E-state index in [1.165, 1.54) is 0 Å². The highest BCUT2D eigenvalue weighted by Crippen LogP contribution is 2.22. The summed E-state index contributed by atoms with van der Waals surface area (Å²) < 4.78 is 0. The van der Waals surface area contributed by atoms with Crippen LogP contribution in [0.3, 0.4) is 0 Å². The largest absolute Gasteiger partial charge is 0.353 e. The van der Waals surface area contributed by atoms with Crippen LogP contribution in [0.4, 0.5) is 5.82 Å². The van der Waals surface area contributed by atoms with Crippen LogP contribution in [-0.2, 0) is 0 Å². The minimum absolute atomic E-state index is 0.0223. The van der Waals surface area contributed by atoms with Crippen molar-refractivity contribution in [3.8, 4) is 17.3 Å². The predicted molar refractivity (Wildman–Crippen MR) is 108 cm³/mol. The molecule has 1 N–H and O–H groups in total. The molecule has 6 heteroatoms. The molecule has 4 rings (SSSR count). The van der Waals surface area contributed by atoms with Crippen LogP contribution in [0.5, 0.6) is 0 Å². The molecule has 2 heterocycles. The highest BCUT2D eigenvalue weighted by Gasteiger charge is 2.22. The lowest BCUT2D eigenvalue weighted by atomic mass is 10.1. The van der Waals surface area contributed by atoms with Gasteiger partial charge in [0.05, 0.1) is 17.3 Å². The number of aromatic nitrogens is 2. The number of nitriles is 1. The summed E-state index contributed by atoms with van der Waals surface area (Å²) >= 11 is 0. The molecule has 1 amide bonds. The Morgan fingerprint density at radius 1 is 1.00 bits per heavy atom. The van der Waals surface area contributed by atoms with Crippen LogP contribution in [0.1, 0.15) is 22.3 Å². The summed E-state index contributed by atoms with van der Waals surface area (Å²) in [6.07, 6.45) is 0.872. The van der Waals surface area contributed by atoms with E-state index in [1.807, 2.05) is 23.1 Å². The number of anilines is 1. The third-order valence-corrected chi connectivity index (χ3v) is 4.99. The van der Waals surface area contributed by atoms with E-state index in [4.69, 9.17) is 5.26 Å². The van der Waals surface area contributed by atoms with E-state index in [-0.39, 0.29) is 5.91 Å². The average Bonchev–Trinajstić information content (AvgIpc) is 3.12. The van der Waals surface area contributed by atoms with Crippen molar-refractivity contribution in [3.05, 3.63) is 71.8 Å². The van der Waals surface area contributed by atoms with Crippen LogP contribution in [0.25, 0.3) is 11.3 Å². The fourth-order valence-corrected chi connectivity index (χ4v) is 3.49. The molecule has 0 atom stereocenters. The van der Waals surface area contributed by atoms with E-state index in [9.17, 15) is 4.79 Å². The monoisotopic (exact) mass is 371 g/mol. The first kappa shape index (κ1) is 17.8. The van der Waals surface area contributed by atoms with Crippen LogP contribution in [0, 0.1) is 11.3 Å². The predicted octanol–water partition coefficient (Wildman–Crippen LogP) is 3.30. The van der Waals surface area contributed by atoms with Gasteiger partial charge in [0.2, 0.25) is 0 Å². The van der Waals surface area contributed by atoms with Crippen LogP contribution in [-0.4, -0.2) is 47.2 Å². The van der Waals surface area contributed by atoms with Gasteiger partial charge in [0, 0.05) is 37.8 Å². The first-order valence-electron chi connectivity index (χ1n) is 9.40. The van der Waals surface area contributed by atoms with E-state index in [2.05, 4.69) is 39.4 Å². The van der Waals surface area contributed by atoms with Gasteiger partial charge in [-0.05, 0) is 30.2 Å². The second-order valence-electron chi connectivity index (χ2n) is 6.83. The van der Waals surface area contributed by atoms with Crippen LogP contribution >= 0.6 is 0 Å². The molecule has 6 nitrogen and oxygen atoms in total. The summed E-state index contributed by atoms with van der Waals surface area (Å²) in [4.78, 5) is 16.9. The maximum atomic E-state index is 12.8. The quantitative estimate of drug-likeness (QED) is 0.766. The fraction of sp³-hybridized carbons (Fsp3) is 0.227. The molecule has 0 radical (unpaired) electrons. The summed E-state index contributed by atoms with van der Waals surface area (Å²) in [7, 11) is 0. The number of carbonyl (C=O) groups is 1. The second-order valence-corrected chi connectivity index (χ2v) is 6.83. The number of nitrogens with zero attached hydrogens (tertiary/aromatic N) is 4. The van der Waals surface area contributed by atoms with Gasteiger partial charge in [0.1, 0.15) is 0 Å². The van der Waals surface area contributed by atoms with Crippen molar-refractivity contribution in [3.63, 3.8) is 0 Å². The molecule has 0 bridgehead atoms. The number of nitrogens with one attached hydrogen (secondary N) is 1. The molecule has 1 aliphatic rings. The molecule has 140 valence electrons. The summed E-state index contributed by atoms with van der Waals surface area (Å²) in [6.45, 7) is 2.90. The number of rotatable bonds is 3. The summed E-state index contributed by atoms with van der Waals surface area (Å²) in [6, 6.07) is 21.2. The highest BCUT2D eigenvalue weighted by atomic mass is 16.2. The van der Waals surface area contributed by atoms with Gasteiger partial charge in [0.25, 0.3) is 5.91 Å². The molecule has 1 aliphatic heterocycles. The SMILES string of the molecule is N#Cc1cccc(C(=O)N2CCCN(c3cc(-c4ccccc4)[nH]n3)CC2)c1. The lowest BCUT2D eigenvalue weighted by molar-refractivity contribution is 0.0767. The zero-order valence-corrected chi connectivity index (χ0v) is 15.5. The number of carbonyl (C=O) groups excluding carboxylic acids is 1. The van der Waals surface area contributed by atoms with Crippen molar-refractivity contribution in [2.45, 2.75) is 6.42 Å². The Morgan fingerprint density at radius 3 is 2.68 bits per heavy atom. The molecule has 0 saturated carbocycles. The molecule has 0 aliphatic carbocycles. The molecule has 0 spiro atoms. The zero-order chi connectivity index (χ0) is 19.3. The van der Waals surface area contributed by atoms with Gasteiger partial charge in [0.15, 0.2) is 5.82 Å². The van der Waals surface area contributed by atoms with Gasteiger partial charge in [-0.25, -0.2) is 0 Å². The van der Waals surface area contributed by atoms with Gasteiger partial charge in [-0.15, -0.1) is 0 Å². The smallest absolute Gasteiger partial charge is 0.253 e. The van der Waals surface area contributed by atoms with Gasteiger partial charge < -0.3 is 9.80 Å². The fourth-order valence-electron chi connectivity index (χ4n) is 3.49. The van der Waals surface area contributed by atoms with Gasteiger partial charge in [-0.2, -0.15) is 10.4 Å². The van der Waals surface area contributed by atoms with Crippen molar-refractivity contribution in [1.82, 2.24) is 15.1 Å². The van der Waals surface area contributed by atoms with Crippen LogP contribution in [0.15, 0.2) is 60.7 Å². The molecular formula is C22H21N5O. The van der Waals surface area contributed by atoms with E-state index >= 15 is 0 Å². The Hall–Kier alpha value is -3.59. The second kappa shape index (κ2) is 7.97. The normalized spacial score (nSPS) is 14.4. The Kier molecular flexibility index (Phi) is 5.07. The van der Waals surface area contributed by atoms with Crippen molar-refractivity contribution in [1.29, 1.82) is 5.26 Å². The third-order valence-electron chi connectivity index (χ3n) is 4.99. The van der Waals surface area contributed by atoms with E-state index < -0.39 is 0 Å². The number of hydrogen-bond donors (Lipinski definition) is 1. The molecule has 1 fully saturated rings. The lowest BCUT2D eigenvalue weighted by Gasteiger charge is -2.22. The molecule has 0 unspecified atom stereocenters. The zero-order valence-electron chi connectivity index (χ0n) is 15.5. The number of H-pyrrole nitrogens is 1. The number of aromatic amines is 1. The first-order chi connectivity index (χ1) is 13.7. The Bertz CT molecular complexity index is 1010. The molecule has 2 aromatic carbocycles. The molecule has 1 aromatic heterocycles. The Labute approximate surface area is 164 Å². The first-order valence-corrected chi connectivity index (χ1v) is 9.40. The van der Waals surface area contributed by atoms with Gasteiger partial charge in [-0.3, -0.25) is 9.89 Å². The average molecular weight is 371 g/mol. The number of benzene rings is 2. The molecule has 1 saturated heterocycles. The topological polar surface area (TPSA) is 76.0 Å². The minimum atomic E-state index is -0.0223. The molecule has 28 heavy (non-hydrogen) atoms. The standard InChI is InChI=1S/C22H21N5O/c23-16-17-6-4-9-19(14-17)22(28)27-11-5-10-26(12-13-27)21-15-20(24-25-21)18-7-2-1-3-8-18/h1-4,6-9,14-15H,5,10-13H2,(H,24,25). The van der Waals surface area contributed by atoms with Gasteiger partial charge >= 0.3 is 0 Å². The minimum Gasteiger partial charge on any atom is -0.353 e.